The largest absolute Gasteiger partial charge is 0.493 e. The Morgan fingerprint density at radius 1 is 1.00 bits per heavy atom. The van der Waals surface area contributed by atoms with Crippen molar-refractivity contribution >= 4 is 6.29 Å². The summed E-state index contributed by atoms with van der Waals surface area (Å²) >= 11 is 0. The number of rotatable bonds is 6. The Kier molecular flexibility index (Phi) is 5.27. The SMILES string of the molecule is COc1cc(C=O)cc(Oc2cc(C)ccc2C)c1OC(C)C. The molecule has 2 aromatic rings. The lowest BCUT2D eigenvalue weighted by Crippen LogP contribution is -2.08. The Balaban J connectivity index is 2.53. The second-order valence-corrected chi connectivity index (χ2v) is 5.71. The van der Waals surface area contributed by atoms with Crippen molar-refractivity contribution in [2.24, 2.45) is 0 Å². The van der Waals surface area contributed by atoms with Gasteiger partial charge in [-0.3, -0.25) is 4.79 Å². The van der Waals surface area contributed by atoms with Crippen molar-refractivity contribution < 1.29 is 19.0 Å². The Hall–Kier alpha value is -2.49. The van der Waals surface area contributed by atoms with E-state index in [1.54, 1.807) is 19.2 Å². The molecule has 0 saturated heterocycles. The number of methoxy groups -OCH3 is 1. The fourth-order valence-electron chi connectivity index (χ4n) is 2.18. The molecule has 0 atom stereocenters. The second kappa shape index (κ2) is 7.18. The van der Waals surface area contributed by atoms with Gasteiger partial charge >= 0.3 is 0 Å². The molecule has 0 fully saturated rings. The van der Waals surface area contributed by atoms with Crippen LogP contribution in [0.4, 0.5) is 0 Å². The third-order valence-electron chi connectivity index (χ3n) is 3.32. The smallest absolute Gasteiger partial charge is 0.204 e. The zero-order valence-corrected chi connectivity index (χ0v) is 14.2. The van der Waals surface area contributed by atoms with Crippen LogP contribution in [0.15, 0.2) is 30.3 Å². The Morgan fingerprint density at radius 2 is 1.70 bits per heavy atom. The lowest BCUT2D eigenvalue weighted by Gasteiger charge is -2.19. The summed E-state index contributed by atoms with van der Waals surface area (Å²) in [7, 11) is 1.54. The van der Waals surface area contributed by atoms with Gasteiger partial charge in [0.15, 0.2) is 11.5 Å². The first kappa shape index (κ1) is 16.9. The van der Waals surface area contributed by atoms with Gasteiger partial charge in [-0.15, -0.1) is 0 Å². The number of aryl methyl sites for hydroxylation is 2. The van der Waals surface area contributed by atoms with E-state index in [2.05, 4.69) is 0 Å². The molecule has 2 aromatic carbocycles. The molecule has 0 amide bonds. The van der Waals surface area contributed by atoms with Crippen molar-refractivity contribution in [3.8, 4) is 23.0 Å². The molecule has 0 unspecified atom stereocenters. The average Bonchev–Trinajstić information content (AvgIpc) is 2.51. The lowest BCUT2D eigenvalue weighted by atomic mass is 10.1. The van der Waals surface area contributed by atoms with Gasteiger partial charge in [0, 0.05) is 5.56 Å². The van der Waals surface area contributed by atoms with E-state index in [-0.39, 0.29) is 6.10 Å². The summed E-state index contributed by atoms with van der Waals surface area (Å²) < 4.78 is 17.2. The van der Waals surface area contributed by atoms with Crippen LogP contribution in [-0.2, 0) is 0 Å². The molecule has 4 heteroatoms. The monoisotopic (exact) mass is 314 g/mol. The molecule has 0 spiro atoms. The molecule has 0 radical (unpaired) electrons. The minimum atomic E-state index is -0.0491. The van der Waals surface area contributed by atoms with Gasteiger partial charge in [0.05, 0.1) is 13.2 Å². The maximum Gasteiger partial charge on any atom is 0.204 e. The molecule has 0 bridgehead atoms. The third kappa shape index (κ3) is 4.03. The van der Waals surface area contributed by atoms with Gasteiger partial charge < -0.3 is 14.2 Å². The van der Waals surface area contributed by atoms with Gasteiger partial charge in [0.2, 0.25) is 5.75 Å². The summed E-state index contributed by atoms with van der Waals surface area (Å²) in [6.45, 7) is 7.82. The average molecular weight is 314 g/mol. The van der Waals surface area contributed by atoms with Crippen LogP contribution in [0.2, 0.25) is 0 Å². The van der Waals surface area contributed by atoms with Crippen LogP contribution >= 0.6 is 0 Å². The first-order valence-electron chi connectivity index (χ1n) is 7.53. The topological polar surface area (TPSA) is 44.8 Å². The lowest BCUT2D eigenvalue weighted by molar-refractivity contribution is 0.112. The van der Waals surface area contributed by atoms with Crippen LogP contribution in [0.1, 0.15) is 35.3 Å². The molecule has 0 aliphatic rings. The normalized spacial score (nSPS) is 10.5. The van der Waals surface area contributed by atoms with Crippen LogP contribution < -0.4 is 14.2 Å². The molecule has 23 heavy (non-hydrogen) atoms. The van der Waals surface area contributed by atoms with Gasteiger partial charge in [0.25, 0.3) is 0 Å². The van der Waals surface area contributed by atoms with Crippen molar-refractivity contribution in [1.29, 1.82) is 0 Å². The highest BCUT2D eigenvalue weighted by Gasteiger charge is 2.17. The minimum absolute atomic E-state index is 0.0491. The summed E-state index contributed by atoms with van der Waals surface area (Å²) in [5.74, 6) is 2.16. The Labute approximate surface area is 137 Å². The van der Waals surface area contributed by atoms with Crippen molar-refractivity contribution in [1.82, 2.24) is 0 Å². The number of hydrogen-bond donors (Lipinski definition) is 0. The molecule has 2 rings (SSSR count). The Bertz CT molecular complexity index is 705. The predicted molar refractivity (Wildman–Crippen MR) is 90.1 cm³/mol. The molecule has 4 nitrogen and oxygen atoms in total. The Morgan fingerprint density at radius 3 is 2.30 bits per heavy atom. The number of carbonyl (C=O) groups excluding carboxylic acids is 1. The zero-order chi connectivity index (χ0) is 17.0. The van der Waals surface area contributed by atoms with Crippen LogP contribution in [0, 0.1) is 13.8 Å². The van der Waals surface area contributed by atoms with Crippen molar-refractivity contribution in [3.63, 3.8) is 0 Å². The summed E-state index contributed by atoms with van der Waals surface area (Å²) in [4.78, 5) is 11.2. The van der Waals surface area contributed by atoms with E-state index in [1.807, 2.05) is 45.9 Å². The first-order chi connectivity index (χ1) is 10.9. The highest BCUT2D eigenvalue weighted by atomic mass is 16.5. The fourth-order valence-corrected chi connectivity index (χ4v) is 2.18. The molecular formula is C19H22O4. The van der Waals surface area contributed by atoms with Gasteiger partial charge in [-0.2, -0.15) is 0 Å². The number of hydrogen-bond acceptors (Lipinski definition) is 4. The van der Waals surface area contributed by atoms with Crippen LogP contribution in [-0.4, -0.2) is 19.5 Å². The summed E-state index contributed by atoms with van der Waals surface area (Å²) in [6.07, 6.45) is 0.712. The van der Waals surface area contributed by atoms with Crippen LogP contribution in [0.3, 0.4) is 0 Å². The fraction of sp³-hybridized carbons (Fsp3) is 0.316. The van der Waals surface area contributed by atoms with E-state index >= 15 is 0 Å². The summed E-state index contributed by atoms with van der Waals surface area (Å²) in [5, 5.41) is 0. The highest BCUT2D eigenvalue weighted by molar-refractivity contribution is 5.78. The summed E-state index contributed by atoms with van der Waals surface area (Å²) in [5.41, 5.74) is 2.57. The highest BCUT2D eigenvalue weighted by Crippen LogP contribution is 2.42. The maximum absolute atomic E-state index is 11.2. The first-order valence-corrected chi connectivity index (χ1v) is 7.53. The van der Waals surface area contributed by atoms with Gasteiger partial charge in [-0.05, 0) is 57.0 Å². The van der Waals surface area contributed by atoms with Crippen molar-refractivity contribution in [2.75, 3.05) is 7.11 Å². The van der Waals surface area contributed by atoms with E-state index in [0.29, 0.717) is 22.8 Å². The van der Waals surface area contributed by atoms with Gasteiger partial charge in [-0.25, -0.2) is 0 Å². The molecule has 122 valence electrons. The molecule has 0 aliphatic heterocycles. The van der Waals surface area contributed by atoms with E-state index in [4.69, 9.17) is 14.2 Å². The minimum Gasteiger partial charge on any atom is -0.493 e. The maximum atomic E-state index is 11.2. The van der Waals surface area contributed by atoms with Gasteiger partial charge in [-0.1, -0.05) is 12.1 Å². The standard InChI is InChI=1S/C19H22O4/c1-12(2)22-19-17(21-5)9-15(11-20)10-18(19)23-16-8-13(3)6-7-14(16)4/h6-12H,1-5H3. The van der Waals surface area contributed by atoms with E-state index in [9.17, 15) is 4.79 Å². The molecule has 0 aromatic heterocycles. The van der Waals surface area contributed by atoms with E-state index in [0.717, 1.165) is 23.2 Å². The molecule has 0 saturated carbocycles. The van der Waals surface area contributed by atoms with E-state index < -0.39 is 0 Å². The van der Waals surface area contributed by atoms with E-state index in [1.165, 1.54) is 0 Å². The molecule has 0 N–H and O–H groups in total. The number of ether oxygens (including phenoxy) is 3. The summed E-state index contributed by atoms with van der Waals surface area (Å²) in [6, 6.07) is 9.27. The van der Waals surface area contributed by atoms with Crippen molar-refractivity contribution in [2.45, 2.75) is 33.8 Å². The predicted octanol–water partition coefficient (Wildman–Crippen LogP) is 4.70. The quantitative estimate of drug-likeness (QED) is 0.725. The van der Waals surface area contributed by atoms with Crippen LogP contribution in [0.25, 0.3) is 0 Å². The zero-order valence-electron chi connectivity index (χ0n) is 14.2. The third-order valence-corrected chi connectivity index (χ3v) is 3.32. The molecular weight excluding hydrogens is 292 g/mol. The molecule has 0 aliphatic carbocycles. The number of carbonyl (C=O) groups is 1. The number of benzene rings is 2. The number of aldehydes is 1. The van der Waals surface area contributed by atoms with Gasteiger partial charge in [0.1, 0.15) is 12.0 Å². The second-order valence-electron chi connectivity index (χ2n) is 5.71. The van der Waals surface area contributed by atoms with Crippen LogP contribution in [0.5, 0.6) is 23.0 Å². The molecule has 0 heterocycles. The van der Waals surface area contributed by atoms with Crippen molar-refractivity contribution in [3.05, 3.63) is 47.0 Å².